The van der Waals surface area contributed by atoms with E-state index in [1.54, 1.807) is 0 Å². The van der Waals surface area contributed by atoms with Crippen LogP contribution in [0.5, 0.6) is 0 Å². The van der Waals surface area contributed by atoms with Crippen molar-refractivity contribution in [2.45, 2.75) is 58.7 Å². The van der Waals surface area contributed by atoms with E-state index in [-0.39, 0.29) is 30.1 Å². The smallest absolute Gasteiger partial charge is 0.246 e. The second kappa shape index (κ2) is 7.25. The predicted octanol–water partition coefficient (Wildman–Crippen LogP) is 2.95. The SMILES string of the molecule is CC(C)(C)OCC(=O)NCC(O)c1ccc(C(C)(C)C)cc1. The van der Waals surface area contributed by atoms with Crippen molar-refractivity contribution in [1.29, 1.82) is 0 Å². The van der Waals surface area contributed by atoms with E-state index in [1.807, 2.05) is 45.0 Å². The van der Waals surface area contributed by atoms with Crippen LogP contribution in [0.2, 0.25) is 0 Å². The van der Waals surface area contributed by atoms with Crippen LogP contribution in [-0.4, -0.2) is 29.8 Å². The highest BCUT2D eigenvalue weighted by Crippen LogP contribution is 2.23. The lowest BCUT2D eigenvalue weighted by molar-refractivity contribution is -0.131. The van der Waals surface area contributed by atoms with Gasteiger partial charge in [0.25, 0.3) is 0 Å². The van der Waals surface area contributed by atoms with Gasteiger partial charge in [0, 0.05) is 6.54 Å². The van der Waals surface area contributed by atoms with Crippen LogP contribution in [0, 0.1) is 0 Å². The Kier molecular flexibility index (Phi) is 6.15. The fourth-order valence-corrected chi connectivity index (χ4v) is 1.87. The summed E-state index contributed by atoms with van der Waals surface area (Å²) >= 11 is 0. The van der Waals surface area contributed by atoms with Crippen molar-refractivity contribution in [2.75, 3.05) is 13.2 Å². The van der Waals surface area contributed by atoms with Gasteiger partial charge in [0.2, 0.25) is 5.91 Å². The Morgan fingerprint density at radius 2 is 1.68 bits per heavy atom. The van der Waals surface area contributed by atoms with Crippen molar-refractivity contribution in [3.8, 4) is 0 Å². The molecule has 0 aromatic heterocycles. The van der Waals surface area contributed by atoms with Gasteiger partial charge in [0.05, 0.1) is 11.7 Å². The molecule has 0 aliphatic rings. The summed E-state index contributed by atoms with van der Waals surface area (Å²) in [5.41, 5.74) is 1.75. The molecule has 0 aliphatic heterocycles. The van der Waals surface area contributed by atoms with E-state index in [1.165, 1.54) is 5.56 Å². The number of carbonyl (C=O) groups excluding carboxylic acids is 1. The van der Waals surface area contributed by atoms with Crippen LogP contribution in [0.3, 0.4) is 0 Å². The lowest BCUT2D eigenvalue weighted by Gasteiger charge is -2.21. The minimum atomic E-state index is -0.715. The first-order valence-corrected chi connectivity index (χ1v) is 7.68. The normalized spacial score (nSPS) is 13.8. The molecule has 4 heteroatoms. The van der Waals surface area contributed by atoms with Gasteiger partial charge in [-0.3, -0.25) is 4.79 Å². The fraction of sp³-hybridized carbons (Fsp3) is 0.611. The van der Waals surface area contributed by atoms with Gasteiger partial charge in [0.15, 0.2) is 0 Å². The molecule has 1 atom stereocenters. The lowest BCUT2D eigenvalue weighted by atomic mass is 9.86. The Morgan fingerprint density at radius 3 is 2.14 bits per heavy atom. The molecule has 0 saturated heterocycles. The Labute approximate surface area is 133 Å². The maximum Gasteiger partial charge on any atom is 0.246 e. The number of carbonyl (C=O) groups is 1. The molecule has 0 heterocycles. The van der Waals surface area contributed by atoms with Gasteiger partial charge in [-0.25, -0.2) is 0 Å². The molecule has 22 heavy (non-hydrogen) atoms. The molecule has 0 spiro atoms. The van der Waals surface area contributed by atoms with Gasteiger partial charge < -0.3 is 15.2 Å². The standard InChI is InChI=1S/C18H29NO3/c1-17(2,3)14-9-7-13(8-10-14)15(20)11-19-16(21)12-22-18(4,5)6/h7-10,15,20H,11-12H2,1-6H3,(H,19,21). The average molecular weight is 307 g/mol. The first-order chi connectivity index (χ1) is 9.99. The highest BCUT2D eigenvalue weighted by Gasteiger charge is 2.16. The van der Waals surface area contributed by atoms with Crippen molar-refractivity contribution < 1.29 is 14.6 Å². The molecule has 124 valence electrons. The number of aliphatic hydroxyl groups is 1. The zero-order valence-electron chi connectivity index (χ0n) is 14.6. The van der Waals surface area contributed by atoms with Gasteiger partial charge in [-0.2, -0.15) is 0 Å². The number of nitrogens with one attached hydrogen (secondary N) is 1. The molecule has 1 unspecified atom stereocenters. The van der Waals surface area contributed by atoms with Crippen LogP contribution in [0.4, 0.5) is 0 Å². The first-order valence-electron chi connectivity index (χ1n) is 7.68. The second-order valence-electron chi connectivity index (χ2n) is 7.59. The summed E-state index contributed by atoms with van der Waals surface area (Å²) in [7, 11) is 0. The number of hydrogen-bond acceptors (Lipinski definition) is 3. The van der Waals surface area contributed by atoms with Gasteiger partial charge in [-0.05, 0) is 37.3 Å². The molecule has 0 aliphatic carbocycles. The molecule has 1 aromatic carbocycles. The van der Waals surface area contributed by atoms with E-state index in [0.29, 0.717) is 0 Å². The summed E-state index contributed by atoms with van der Waals surface area (Å²) in [6.45, 7) is 12.3. The predicted molar refractivity (Wildman–Crippen MR) is 88.8 cm³/mol. The Balaban J connectivity index is 2.49. The first kappa shape index (κ1) is 18.7. The molecular weight excluding hydrogens is 278 g/mol. The molecule has 2 N–H and O–H groups in total. The van der Waals surface area contributed by atoms with Crippen LogP contribution < -0.4 is 5.32 Å². The molecule has 0 radical (unpaired) electrons. The molecule has 0 fully saturated rings. The van der Waals surface area contributed by atoms with E-state index in [0.717, 1.165) is 5.56 Å². The summed E-state index contributed by atoms with van der Waals surface area (Å²) in [4.78, 5) is 11.7. The van der Waals surface area contributed by atoms with Crippen LogP contribution >= 0.6 is 0 Å². The average Bonchev–Trinajstić information content (AvgIpc) is 2.41. The van der Waals surface area contributed by atoms with Crippen LogP contribution in [0.15, 0.2) is 24.3 Å². The maximum absolute atomic E-state index is 11.7. The Morgan fingerprint density at radius 1 is 1.14 bits per heavy atom. The molecule has 4 nitrogen and oxygen atoms in total. The van der Waals surface area contributed by atoms with Crippen molar-refractivity contribution in [1.82, 2.24) is 5.32 Å². The largest absolute Gasteiger partial charge is 0.387 e. The number of benzene rings is 1. The third-order valence-electron chi connectivity index (χ3n) is 3.29. The van der Waals surface area contributed by atoms with Crippen LogP contribution in [-0.2, 0) is 14.9 Å². The number of aliphatic hydroxyl groups excluding tert-OH is 1. The quantitative estimate of drug-likeness (QED) is 0.879. The van der Waals surface area contributed by atoms with Crippen molar-refractivity contribution in [3.63, 3.8) is 0 Å². The second-order valence-corrected chi connectivity index (χ2v) is 7.59. The Hall–Kier alpha value is -1.39. The summed E-state index contributed by atoms with van der Waals surface area (Å²) < 4.78 is 5.39. The number of amides is 1. The van der Waals surface area contributed by atoms with Crippen molar-refractivity contribution in [3.05, 3.63) is 35.4 Å². The molecular formula is C18H29NO3. The fourth-order valence-electron chi connectivity index (χ4n) is 1.87. The zero-order chi connectivity index (χ0) is 17.0. The zero-order valence-corrected chi connectivity index (χ0v) is 14.6. The van der Waals surface area contributed by atoms with Gasteiger partial charge in [0.1, 0.15) is 6.61 Å². The maximum atomic E-state index is 11.7. The van der Waals surface area contributed by atoms with Crippen molar-refractivity contribution in [2.24, 2.45) is 0 Å². The summed E-state index contributed by atoms with van der Waals surface area (Å²) in [6, 6.07) is 7.85. The highest BCUT2D eigenvalue weighted by atomic mass is 16.5. The van der Waals surface area contributed by atoms with Crippen LogP contribution in [0.1, 0.15) is 58.8 Å². The summed E-state index contributed by atoms with van der Waals surface area (Å²) in [6.07, 6.45) is -0.715. The molecule has 0 saturated carbocycles. The van der Waals surface area contributed by atoms with E-state index in [9.17, 15) is 9.90 Å². The number of hydrogen-bond donors (Lipinski definition) is 2. The molecule has 1 amide bonds. The minimum Gasteiger partial charge on any atom is -0.387 e. The van der Waals surface area contributed by atoms with Crippen molar-refractivity contribution >= 4 is 5.91 Å². The minimum absolute atomic E-state index is 0.000812. The Bertz CT molecular complexity index is 481. The van der Waals surface area contributed by atoms with E-state index in [2.05, 4.69) is 26.1 Å². The van der Waals surface area contributed by atoms with E-state index in [4.69, 9.17) is 4.74 Å². The van der Waals surface area contributed by atoms with Crippen LogP contribution in [0.25, 0.3) is 0 Å². The van der Waals surface area contributed by atoms with Gasteiger partial charge >= 0.3 is 0 Å². The topological polar surface area (TPSA) is 58.6 Å². The van der Waals surface area contributed by atoms with E-state index >= 15 is 0 Å². The number of ether oxygens (including phenoxy) is 1. The van der Waals surface area contributed by atoms with Gasteiger partial charge in [-0.1, -0.05) is 45.0 Å². The van der Waals surface area contributed by atoms with Gasteiger partial charge in [-0.15, -0.1) is 0 Å². The van der Waals surface area contributed by atoms with E-state index < -0.39 is 6.10 Å². The lowest BCUT2D eigenvalue weighted by Crippen LogP contribution is -2.34. The summed E-state index contributed by atoms with van der Waals surface area (Å²) in [5, 5.41) is 12.8. The molecule has 1 rings (SSSR count). The number of rotatable bonds is 5. The summed E-state index contributed by atoms with van der Waals surface area (Å²) in [5.74, 6) is -0.222. The third kappa shape index (κ3) is 6.58. The molecule has 0 bridgehead atoms. The highest BCUT2D eigenvalue weighted by molar-refractivity contribution is 5.77. The third-order valence-corrected chi connectivity index (χ3v) is 3.29. The monoisotopic (exact) mass is 307 g/mol. The molecule has 1 aromatic rings.